The third-order valence-corrected chi connectivity index (χ3v) is 4.01. The van der Waals surface area contributed by atoms with Crippen LogP contribution in [-0.2, 0) is 0 Å². The third-order valence-electron chi connectivity index (χ3n) is 3.38. The van der Waals surface area contributed by atoms with Gasteiger partial charge in [-0.15, -0.1) is 0 Å². The number of benzene rings is 2. The molecule has 30 heavy (non-hydrogen) atoms. The summed E-state index contributed by atoms with van der Waals surface area (Å²) in [5.41, 5.74) is -3.46. The maximum atomic E-state index is 11.2. The molecule has 0 spiro atoms. The maximum Gasteiger partial charge on any atom is 1.00 e. The van der Waals surface area contributed by atoms with Crippen LogP contribution in [0.25, 0.3) is 11.1 Å². The predicted molar refractivity (Wildman–Crippen MR) is 79.2 cm³/mol. The van der Waals surface area contributed by atoms with Gasteiger partial charge in [0.05, 0.1) is 23.9 Å². The van der Waals surface area contributed by atoms with Crippen molar-refractivity contribution < 1.29 is 158 Å². The first kappa shape index (κ1) is 35.5. The molecule has 0 atom stereocenters. The smallest absolute Gasteiger partial charge is 0.545 e. The summed E-state index contributed by atoms with van der Waals surface area (Å²) in [6.45, 7) is 0. The van der Waals surface area contributed by atoms with Crippen molar-refractivity contribution in [1.82, 2.24) is 0 Å². The molecule has 2 aromatic rings. The van der Waals surface area contributed by atoms with E-state index in [0.717, 1.165) is 24.3 Å². The molecule has 0 aliphatic carbocycles. The van der Waals surface area contributed by atoms with Crippen molar-refractivity contribution in [3.05, 3.63) is 56.6 Å². The summed E-state index contributed by atoms with van der Waals surface area (Å²) in [4.78, 5) is 44.3. The zero-order valence-electron chi connectivity index (χ0n) is 16.3. The average Bonchev–Trinajstić information content (AvgIpc) is 2.53. The van der Waals surface area contributed by atoms with E-state index in [-0.39, 0.29) is 139 Å². The molecule has 2 rings (SSSR count). The van der Waals surface area contributed by atoms with E-state index in [1.165, 1.54) is 0 Å². The molecule has 0 amide bonds. The molecule has 0 unspecified atom stereocenters. The number of aromatic carboxylic acids is 4. The molecular weight excluding hydrogens is 483 g/mol. The van der Waals surface area contributed by atoms with E-state index in [4.69, 9.17) is 23.2 Å². The molecule has 0 aliphatic rings. The minimum atomic E-state index is -1.86. The predicted octanol–water partition coefficient (Wildman–Crippen LogP) is -13.9. The largest absolute Gasteiger partial charge is 1.00 e. The van der Waals surface area contributed by atoms with Crippen molar-refractivity contribution >= 4 is 47.1 Å². The Morgan fingerprint density at radius 1 is 0.500 bits per heavy atom. The Balaban J connectivity index is -0.00000182. The van der Waals surface area contributed by atoms with Crippen molar-refractivity contribution in [2.45, 2.75) is 0 Å². The van der Waals surface area contributed by atoms with E-state index >= 15 is 0 Å². The molecule has 2 aromatic carbocycles. The van der Waals surface area contributed by atoms with Gasteiger partial charge in [0.1, 0.15) is 0 Å². The minimum Gasteiger partial charge on any atom is -0.545 e. The average molecular weight is 487 g/mol. The zero-order valence-corrected chi connectivity index (χ0v) is 25.8. The number of rotatable bonds is 5. The van der Waals surface area contributed by atoms with Crippen LogP contribution in [0.15, 0.2) is 24.3 Å². The summed E-state index contributed by atoms with van der Waals surface area (Å²) in [7, 11) is 0. The van der Waals surface area contributed by atoms with Gasteiger partial charge < -0.3 is 39.6 Å². The van der Waals surface area contributed by atoms with Crippen molar-refractivity contribution in [3.8, 4) is 11.1 Å². The minimum absolute atomic E-state index is 0. The molecule has 8 nitrogen and oxygen atoms in total. The molecule has 0 aromatic heterocycles. The van der Waals surface area contributed by atoms with Crippen molar-refractivity contribution in [2.24, 2.45) is 0 Å². The standard InChI is InChI=1S/C16H8Cl2O8.4Na/c17-11-3-9(15(23)24)7(13(19)20)1-5(11)6-2-8(14(21)22)10(16(25)26)4-12(6)18;;;;/h1-4H,(H,19,20)(H,21,22)(H,23,24)(H,25,26);;;;/q;4*+1/p-4. The van der Waals surface area contributed by atoms with Gasteiger partial charge in [0.2, 0.25) is 0 Å². The second-order valence-corrected chi connectivity index (χ2v) is 5.72. The molecular formula is C16H4Cl2Na4O8. The molecule has 0 fully saturated rings. The topological polar surface area (TPSA) is 161 Å². The van der Waals surface area contributed by atoms with E-state index in [1.807, 2.05) is 0 Å². The second kappa shape index (κ2) is 14.9. The number of carboxylic acid groups (broad SMARTS) is 4. The van der Waals surface area contributed by atoms with Crippen LogP contribution in [-0.4, -0.2) is 23.9 Å². The molecule has 0 saturated heterocycles. The van der Waals surface area contributed by atoms with Crippen molar-refractivity contribution in [1.29, 1.82) is 0 Å². The Kier molecular flexibility index (Phi) is 17.7. The first-order valence-electron chi connectivity index (χ1n) is 6.57. The van der Waals surface area contributed by atoms with Crippen LogP contribution in [0.2, 0.25) is 10.0 Å². The molecule has 14 heteroatoms. The molecule has 0 saturated carbocycles. The fourth-order valence-corrected chi connectivity index (χ4v) is 2.77. The van der Waals surface area contributed by atoms with Gasteiger partial charge in [0.15, 0.2) is 0 Å². The maximum absolute atomic E-state index is 11.2. The molecule has 0 bridgehead atoms. The number of carbonyl (C=O) groups is 4. The second-order valence-electron chi connectivity index (χ2n) is 4.91. The Bertz CT molecular complexity index is 918. The Morgan fingerprint density at radius 2 is 0.700 bits per heavy atom. The molecule has 134 valence electrons. The van der Waals surface area contributed by atoms with Crippen LogP contribution in [0.5, 0.6) is 0 Å². The van der Waals surface area contributed by atoms with Crippen LogP contribution in [0.4, 0.5) is 0 Å². The SMILES string of the molecule is O=C([O-])c1cc(Cl)c(-c2cc(C(=O)[O-])c(C(=O)[O-])cc2Cl)cc1C(=O)[O-].[Na+].[Na+].[Na+].[Na+]. The van der Waals surface area contributed by atoms with Gasteiger partial charge >= 0.3 is 118 Å². The summed E-state index contributed by atoms with van der Waals surface area (Å²) in [5.74, 6) is -7.37. The molecule has 0 N–H and O–H groups in total. The van der Waals surface area contributed by atoms with Gasteiger partial charge in [0.25, 0.3) is 0 Å². The van der Waals surface area contributed by atoms with E-state index in [1.54, 1.807) is 0 Å². The summed E-state index contributed by atoms with van der Waals surface area (Å²) in [6.07, 6.45) is 0. The van der Waals surface area contributed by atoms with Crippen LogP contribution < -0.4 is 139 Å². The van der Waals surface area contributed by atoms with E-state index < -0.39 is 46.1 Å². The van der Waals surface area contributed by atoms with Gasteiger partial charge in [-0.1, -0.05) is 23.2 Å². The Labute approximate surface area is 268 Å². The Morgan fingerprint density at radius 3 is 0.900 bits per heavy atom. The van der Waals surface area contributed by atoms with Crippen LogP contribution in [0, 0.1) is 0 Å². The van der Waals surface area contributed by atoms with Crippen LogP contribution >= 0.6 is 23.2 Å². The number of hydrogen-bond donors (Lipinski definition) is 0. The van der Waals surface area contributed by atoms with E-state index in [2.05, 4.69) is 0 Å². The zero-order chi connectivity index (χ0) is 19.8. The van der Waals surface area contributed by atoms with E-state index in [0.29, 0.717) is 0 Å². The third kappa shape index (κ3) is 8.04. The summed E-state index contributed by atoms with van der Waals surface area (Å²) in [5, 5.41) is 43.7. The van der Waals surface area contributed by atoms with Crippen LogP contribution in [0.3, 0.4) is 0 Å². The number of carboxylic acids is 4. The first-order chi connectivity index (χ1) is 12.0. The summed E-state index contributed by atoms with van der Waals surface area (Å²) >= 11 is 11.9. The Hall–Kier alpha value is 0.900. The summed E-state index contributed by atoms with van der Waals surface area (Å²) in [6, 6.07) is 3.11. The van der Waals surface area contributed by atoms with Crippen molar-refractivity contribution in [3.63, 3.8) is 0 Å². The molecule has 0 aliphatic heterocycles. The van der Waals surface area contributed by atoms with E-state index in [9.17, 15) is 39.6 Å². The monoisotopic (exact) mass is 486 g/mol. The van der Waals surface area contributed by atoms with Gasteiger partial charge in [0, 0.05) is 43.4 Å². The quantitative estimate of drug-likeness (QED) is 0.376. The molecule has 0 radical (unpaired) electrons. The number of halogens is 2. The normalized spacial score (nSPS) is 9.00. The summed E-state index contributed by atoms with van der Waals surface area (Å²) < 4.78 is 0. The fraction of sp³-hybridized carbons (Fsp3) is 0. The van der Waals surface area contributed by atoms with Crippen LogP contribution in [0.1, 0.15) is 41.4 Å². The van der Waals surface area contributed by atoms with Gasteiger partial charge in [-0.3, -0.25) is 0 Å². The number of hydrogen-bond acceptors (Lipinski definition) is 8. The fourth-order valence-electron chi connectivity index (χ4n) is 2.23. The first-order valence-corrected chi connectivity index (χ1v) is 7.33. The number of carbonyl (C=O) groups excluding carboxylic acids is 4. The van der Waals surface area contributed by atoms with Gasteiger partial charge in [-0.25, -0.2) is 0 Å². The van der Waals surface area contributed by atoms with Gasteiger partial charge in [-0.05, 0) is 24.3 Å². The molecule has 0 heterocycles. The van der Waals surface area contributed by atoms with Gasteiger partial charge in [-0.2, -0.15) is 0 Å². The van der Waals surface area contributed by atoms with Crippen molar-refractivity contribution in [2.75, 3.05) is 0 Å².